The Morgan fingerprint density at radius 2 is 1.56 bits per heavy atom. The number of piperidine rings is 1. The van der Waals surface area contributed by atoms with Crippen LogP contribution in [0.15, 0.2) is 53.4 Å². The Hall–Kier alpha value is -1.90. The summed E-state index contributed by atoms with van der Waals surface area (Å²) in [6.07, 6.45) is 1.15. The van der Waals surface area contributed by atoms with E-state index in [4.69, 9.17) is 0 Å². The number of hydrogen-bond donors (Lipinski definition) is 0. The maximum atomic E-state index is 13.4. The Morgan fingerprint density at radius 1 is 0.969 bits per heavy atom. The number of benzene rings is 2. The van der Waals surface area contributed by atoms with Crippen LogP contribution >= 0.6 is 11.8 Å². The quantitative estimate of drug-likeness (QED) is 0.655. The number of rotatable bonds is 3. The van der Waals surface area contributed by atoms with Gasteiger partial charge in [-0.25, -0.2) is 12.8 Å². The minimum Gasteiger partial charge on any atom is -0.323 e. The van der Waals surface area contributed by atoms with Gasteiger partial charge in [0.25, 0.3) is 5.91 Å². The fourth-order valence-electron chi connectivity index (χ4n) is 4.41. The van der Waals surface area contributed by atoms with Gasteiger partial charge in [-0.05, 0) is 60.2 Å². The van der Waals surface area contributed by atoms with Crippen molar-refractivity contribution in [3.63, 3.8) is 0 Å². The van der Waals surface area contributed by atoms with E-state index < -0.39 is 15.8 Å². The standard InChI is InChI=1S/C24H29FN2O3S2/c1-23(2,3)19-6-4-18(5-7-19)22(28)27-16-17-31-24(27)12-14-26(15-13-24)32(29,30)21-10-8-20(25)9-11-21/h4-11H,12-17H2,1-3H3. The van der Waals surface area contributed by atoms with Crippen molar-refractivity contribution in [2.75, 3.05) is 25.4 Å². The van der Waals surface area contributed by atoms with E-state index in [2.05, 4.69) is 20.8 Å². The Balaban J connectivity index is 1.49. The SMILES string of the molecule is CC(C)(C)c1ccc(C(=O)N2CCSC23CCN(S(=O)(=O)c2ccc(F)cc2)CC3)cc1. The first kappa shape index (κ1) is 23.3. The summed E-state index contributed by atoms with van der Waals surface area (Å²) in [6.45, 7) is 7.76. The Morgan fingerprint density at radius 3 is 2.12 bits per heavy atom. The summed E-state index contributed by atoms with van der Waals surface area (Å²) in [7, 11) is -3.68. The highest BCUT2D eigenvalue weighted by molar-refractivity contribution is 8.00. The molecule has 5 nitrogen and oxygen atoms in total. The summed E-state index contributed by atoms with van der Waals surface area (Å²) in [6, 6.07) is 12.8. The lowest BCUT2D eigenvalue weighted by molar-refractivity contribution is 0.0605. The molecule has 2 fully saturated rings. The van der Waals surface area contributed by atoms with Gasteiger partial charge in [0.05, 0.1) is 9.77 Å². The number of thioether (sulfide) groups is 1. The molecule has 2 aromatic carbocycles. The zero-order valence-electron chi connectivity index (χ0n) is 18.7. The van der Waals surface area contributed by atoms with Gasteiger partial charge in [-0.3, -0.25) is 4.79 Å². The minimum absolute atomic E-state index is 0.00491. The number of sulfonamides is 1. The minimum atomic E-state index is -3.68. The van der Waals surface area contributed by atoms with E-state index in [1.807, 2.05) is 29.2 Å². The van der Waals surface area contributed by atoms with Gasteiger partial charge in [0.15, 0.2) is 0 Å². The van der Waals surface area contributed by atoms with E-state index in [0.717, 1.165) is 17.9 Å². The third-order valence-electron chi connectivity index (χ3n) is 6.38. The lowest BCUT2D eigenvalue weighted by atomic mass is 9.86. The molecule has 2 aliphatic rings. The summed E-state index contributed by atoms with van der Waals surface area (Å²) in [5.74, 6) is 0.384. The first-order valence-corrected chi connectivity index (χ1v) is 13.3. The smallest absolute Gasteiger partial charge is 0.254 e. The van der Waals surface area contributed by atoms with Crippen molar-refractivity contribution in [1.82, 2.24) is 9.21 Å². The molecule has 2 aromatic rings. The second-order valence-electron chi connectivity index (χ2n) is 9.44. The van der Waals surface area contributed by atoms with Crippen molar-refractivity contribution in [3.8, 4) is 0 Å². The molecular formula is C24H29FN2O3S2. The Kier molecular flexibility index (Phi) is 6.15. The Labute approximate surface area is 194 Å². The topological polar surface area (TPSA) is 57.7 Å². The number of carbonyl (C=O) groups excluding carboxylic acids is 1. The Bertz CT molecular complexity index is 1090. The number of hydrogen-bond acceptors (Lipinski definition) is 4. The molecule has 0 atom stereocenters. The molecule has 0 N–H and O–H groups in total. The van der Waals surface area contributed by atoms with Gasteiger partial charge in [0.2, 0.25) is 10.0 Å². The highest BCUT2D eigenvalue weighted by Crippen LogP contribution is 2.45. The summed E-state index contributed by atoms with van der Waals surface area (Å²) in [4.78, 5) is 15.0. The highest BCUT2D eigenvalue weighted by Gasteiger charge is 2.48. The molecule has 4 rings (SSSR count). The van der Waals surface area contributed by atoms with Gasteiger partial charge in [0, 0.05) is 31.0 Å². The zero-order valence-corrected chi connectivity index (χ0v) is 20.3. The summed E-state index contributed by atoms with van der Waals surface area (Å²) in [5.41, 5.74) is 1.87. The monoisotopic (exact) mass is 476 g/mol. The lowest BCUT2D eigenvalue weighted by Crippen LogP contribution is -2.53. The van der Waals surface area contributed by atoms with E-state index in [1.54, 1.807) is 11.8 Å². The summed E-state index contributed by atoms with van der Waals surface area (Å²) < 4.78 is 40.6. The van der Waals surface area contributed by atoms with Gasteiger partial charge >= 0.3 is 0 Å². The van der Waals surface area contributed by atoms with E-state index in [1.165, 1.54) is 22.0 Å². The molecule has 1 amide bonds. The van der Waals surface area contributed by atoms with Gasteiger partial charge in [0.1, 0.15) is 5.82 Å². The number of amides is 1. The number of halogens is 1. The van der Waals surface area contributed by atoms with Crippen molar-refractivity contribution in [2.45, 2.75) is 48.8 Å². The number of nitrogens with zero attached hydrogens (tertiary/aromatic N) is 2. The van der Waals surface area contributed by atoms with Crippen LogP contribution in [0.5, 0.6) is 0 Å². The predicted molar refractivity (Wildman–Crippen MR) is 126 cm³/mol. The van der Waals surface area contributed by atoms with Crippen LogP contribution in [-0.4, -0.2) is 53.8 Å². The van der Waals surface area contributed by atoms with Crippen LogP contribution < -0.4 is 0 Å². The average Bonchev–Trinajstić information content (AvgIpc) is 3.16. The fraction of sp³-hybridized carbons (Fsp3) is 0.458. The maximum Gasteiger partial charge on any atom is 0.254 e. The number of carbonyl (C=O) groups is 1. The van der Waals surface area contributed by atoms with Crippen LogP contribution in [0, 0.1) is 5.82 Å². The first-order valence-electron chi connectivity index (χ1n) is 10.9. The van der Waals surface area contributed by atoms with Crippen molar-refractivity contribution in [3.05, 3.63) is 65.5 Å². The van der Waals surface area contributed by atoms with Crippen molar-refractivity contribution in [1.29, 1.82) is 0 Å². The lowest BCUT2D eigenvalue weighted by Gasteiger charge is -2.43. The molecule has 1 spiro atoms. The normalized spacial score (nSPS) is 19.4. The molecule has 0 saturated carbocycles. The van der Waals surface area contributed by atoms with Crippen LogP contribution in [0.2, 0.25) is 0 Å². The van der Waals surface area contributed by atoms with E-state index >= 15 is 0 Å². The molecular weight excluding hydrogens is 447 g/mol. The molecule has 0 aromatic heterocycles. The van der Waals surface area contributed by atoms with Crippen LogP contribution in [0.1, 0.15) is 49.5 Å². The molecule has 0 aliphatic carbocycles. The van der Waals surface area contributed by atoms with Crippen LogP contribution in [0.3, 0.4) is 0 Å². The third-order valence-corrected chi connectivity index (χ3v) is 9.84. The average molecular weight is 477 g/mol. The second kappa shape index (κ2) is 8.47. The van der Waals surface area contributed by atoms with Crippen LogP contribution in [0.25, 0.3) is 0 Å². The third kappa shape index (κ3) is 4.32. The summed E-state index contributed by atoms with van der Waals surface area (Å²) in [5, 5.41) is 0. The molecule has 8 heteroatoms. The molecule has 2 aliphatic heterocycles. The predicted octanol–water partition coefficient (Wildman–Crippen LogP) is 4.49. The van der Waals surface area contributed by atoms with Crippen molar-refractivity contribution in [2.24, 2.45) is 0 Å². The maximum absolute atomic E-state index is 13.4. The second-order valence-corrected chi connectivity index (χ2v) is 12.8. The largest absolute Gasteiger partial charge is 0.323 e. The highest BCUT2D eigenvalue weighted by atomic mass is 32.2. The fourth-order valence-corrected chi connectivity index (χ4v) is 7.31. The summed E-state index contributed by atoms with van der Waals surface area (Å²) >= 11 is 1.75. The molecule has 0 bridgehead atoms. The molecule has 2 saturated heterocycles. The van der Waals surface area contributed by atoms with Crippen LogP contribution in [-0.2, 0) is 15.4 Å². The molecule has 172 valence electrons. The van der Waals surface area contributed by atoms with Gasteiger partial charge in [-0.2, -0.15) is 4.31 Å². The van der Waals surface area contributed by atoms with Crippen molar-refractivity contribution >= 4 is 27.7 Å². The molecule has 0 unspecified atom stereocenters. The van der Waals surface area contributed by atoms with E-state index in [9.17, 15) is 17.6 Å². The van der Waals surface area contributed by atoms with E-state index in [0.29, 0.717) is 38.0 Å². The molecule has 0 radical (unpaired) electrons. The van der Waals surface area contributed by atoms with Gasteiger partial charge < -0.3 is 4.90 Å². The van der Waals surface area contributed by atoms with Crippen molar-refractivity contribution < 1.29 is 17.6 Å². The van der Waals surface area contributed by atoms with Crippen LogP contribution in [0.4, 0.5) is 4.39 Å². The molecule has 32 heavy (non-hydrogen) atoms. The van der Waals surface area contributed by atoms with Gasteiger partial charge in [-0.1, -0.05) is 32.9 Å². The zero-order chi connectivity index (χ0) is 23.1. The van der Waals surface area contributed by atoms with E-state index in [-0.39, 0.29) is 21.1 Å². The first-order chi connectivity index (χ1) is 15.0. The molecule has 2 heterocycles. The van der Waals surface area contributed by atoms with Gasteiger partial charge in [-0.15, -0.1) is 11.8 Å².